The standard InChI is InChI=1S/C12H17N3O4.C2HF3O2/c1-2-3-9(16)13-6-7-14-10(17)8-15-11(18)4-5-12(15)19;3-2(4,5)1(6)7/h4-5H,2-3,6-8H2,1H3,(H,13,16)(H,14,17);(H,6,7). The number of alkyl halides is 3. The van der Waals surface area contributed by atoms with E-state index in [1.807, 2.05) is 6.92 Å². The number of nitrogens with zero attached hydrogens (tertiary/aromatic N) is 1. The Labute approximate surface area is 146 Å². The smallest absolute Gasteiger partial charge is 0.475 e. The number of rotatable bonds is 7. The van der Waals surface area contributed by atoms with Gasteiger partial charge >= 0.3 is 12.1 Å². The van der Waals surface area contributed by atoms with Crippen LogP contribution in [-0.4, -0.2) is 65.4 Å². The molecule has 0 fully saturated rings. The Hall–Kier alpha value is -2.92. The molecule has 146 valence electrons. The predicted octanol–water partition coefficient (Wildman–Crippen LogP) is -0.423. The maximum Gasteiger partial charge on any atom is 0.490 e. The number of carboxylic acids is 1. The third-order valence-corrected chi connectivity index (χ3v) is 2.69. The van der Waals surface area contributed by atoms with Gasteiger partial charge in [0.1, 0.15) is 6.54 Å². The van der Waals surface area contributed by atoms with E-state index >= 15 is 0 Å². The van der Waals surface area contributed by atoms with Gasteiger partial charge in [0.2, 0.25) is 11.8 Å². The summed E-state index contributed by atoms with van der Waals surface area (Å²) in [7, 11) is 0. The first-order valence-electron chi connectivity index (χ1n) is 7.36. The molecule has 4 amide bonds. The third-order valence-electron chi connectivity index (χ3n) is 2.69. The van der Waals surface area contributed by atoms with Crippen LogP contribution < -0.4 is 10.6 Å². The number of halogens is 3. The highest BCUT2D eigenvalue weighted by molar-refractivity contribution is 6.14. The highest BCUT2D eigenvalue weighted by Gasteiger charge is 2.38. The summed E-state index contributed by atoms with van der Waals surface area (Å²) in [6.45, 7) is 2.19. The second kappa shape index (κ2) is 10.8. The van der Waals surface area contributed by atoms with Gasteiger partial charge in [-0.15, -0.1) is 0 Å². The Morgan fingerprint density at radius 3 is 1.85 bits per heavy atom. The van der Waals surface area contributed by atoms with E-state index in [2.05, 4.69) is 10.6 Å². The molecule has 0 saturated heterocycles. The summed E-state index contributed by atoms with van der Waals surface area (Å²) >= 11 is 0. The van der Waals surface area contributed by atoms with Crippen molar-refractivity contribution in [3.63, 3.8) is 0 Å². The van der Waals surface area contributed by atoms with Gasteiger partial charge in [-0.3, -0.25) is 24.1 Å². The van der Waals surface area contributed by atoms with E-state index in [1.54, 1.807) is 0 Å². The molecule has 0 aromatic heterocycles. The number of amides is 4. The zero-order chi connectivity index (χ0) is 20.3. The van der Waals surface area contributed by atoms with Gasteiger partial charge in [0.25, 0.3) is 11.8 Å². The van der Waals surface area contributed by atoms with Crippen molar-refractivity contribution < 1.29 is 42.3 Å². The van der Waals surface area contributed by atoms with Gasteiger partial charge in [0.05, 0.1) is 0 Å². The Morgan fingerprint density at radius 1 is 1.04 bits per heavy atom. The first-order chi connectivity index (χ1) is 12.0. The van der Waals surface area contributed by atoms with E-state index in [-0.39, 0.29) is 19.0 Å². The summed E-state index contributed by atoms with van der Waals surface area (Å²) < 4.78 is 31.7. The average Bonchev–Trinajstić information content (AvgIpc) is 2.83. The predicted molar refractivity (Wildman–Crippen MR) is 80.5 cm³/mol. The minimum absolute atomic E-state index is 0.0640. The number of aliphatic carboxylic acids is 1. The highest BCUT2D eigenvalue weighted by Crippen LogP contribution is 2.13. The van der Waals surface area contributed by atoms with Crippen LogP contribution in [0.25, 0.3) is 0 Å². The highest BCUT2D eigenvalue weighted by atomic mass is 19.4. The summed E-state index contributed by atoms with van der Waals surface area (Å²) in [5, 5.41) is 12.3. The van der Waals surface area contributed by atoms with Crippen molar-refractivity contribution in [1.29, 1.82) is 0 Å². The van der Waals surface area contributed by atoms with Crippen molar-refractivity contribution in [1.82, 2.24) is 15.5 Å². The summed E-state index contributed by atoms with van der Waals surface area (Å²) in [6, 6.07) is 0. The molecule has 0 atom stereocenters. The van der Waals surface area contributed by atoms with Gasteiger partial charge in [-0.05, 0) is 6.42 Å². The number of hydrogen-bond donors (Lipinski definition) is 3. The van der Waals surface area contributed by atoms with E-state index in [0.717, 1.165) is 23.5 Å². The molecule has 1 aliphatic rings. The molecule has 0 radical (unpaired) electrons. The maximum atomic E-state index is 11.5. The van der Waals surface area contributed by atoms with Gasteiger partial charge in [-0.1, -0.05) is 6.92 Å². The lowest BCUT2D eigenvalue weighted by atomic mass is 10.3. The van der Waals surface area contributed by atoms with E-state index in [1.165, 1.54) is 0 Å². The number of carbonyl (C=O) groups is 5. The van der Waals surface area contributed by atoms with Crippen molar-refractivity contribution >= 4 is 29.6 Å². The van der Waals surface area contributed by atoms with Crippen molar-refractivity contribution in [3.05, 3.63) is 12.2 Å². The van der Waals surface area contributed by atoms with Crippen molar-refractivity contribution in [2.45, 2.75) is 25.9 Å². The van der Waals surface area contributed by atoms with Gasteiger partial charge in [-0.2, -0.15) is 13.2 Å². The normalized spacial score (nSPS) is 13.2. The summed E-state index contributed by atoms with van der Waals surface area (Å²) in [5.41, 5.74) is 0. The van der Waals surface area contributed by atoms with Crippen LogP contribution in [-0.2, 0) is 24.0 Å². The fraction of sp³-hybridized carbons (Fsp3) is 0.500. The fourth-order valence-corrected chi connectivity index (χ4v) is 1.51. The van der Waals surface area contributed by atoms with Gasteiger partial charge in [0, 0.05) is 31.7 Å². The van der Waals surface area contributed by atoms with Crippen LogP contribution in [0.2, 0.25) is 0 Å². The first kappa shape index (κ1) is 23.1. The second-order valence-electron chi connectivity index (χ2n) is 4.85. The van der Waals surface area contributed by atoms with Crippen molar-refractivity contribution in [2.75, 3.05) is 19.6 Å². The van der Waals surface area contributed by atoms with E-state index in [4.69, 9.17) is 9.90 Å². The van der Waals surface area contributed by atoms with Crippen LogP contribution in [0.5, 0.6) is 0 Å². The van der Waals surface area contributed by atoms with E-state index in [9.17, 15) is 32.3 Å². The minimum Gasteiger partial charge on any atom is -0.475 e. The number of carboxylic acid groups (broad SMARTS) is 1. The van der Waals surface area contributed by atoms with Gasteiger partial charge in [0.15, 0.2) is 0 Å². The molecule has 0 aliphatic carbocycles. The first-order valence-corrected chi connectivity index (χ1v) is 7.36. The minimum atomic E-state index is -5.08. The molecule has 0 saturated carbocycles. The number of nitrogens with one attached hydrogen (secondary N) is 2. The molecule has 3 N–H and O–H groups in total. The third kappa shape index (κ3) is 9.39. The van der Waals surface area contributed by atoms with Crippen LogP contribution in [0.3, 0.4) is 0 Å². The number of hydrogen-bond acceptors (Lipinski definition) is 5. The van der Waals surface area contributed by atoms with Crippen LogP contribution in [0.4, 0.5) is 13.2 Å². The molecular weight excluding hydrogens is 363 g/mol. The summed E-state index contributed by atoms with van der Waals surface area (Å²) in [5.74, 6) is -4.23. The van der Waals surface area contributed by atoms with Gasteiger partial charge in [-0.25, -0.2) is 4.79 Å². The van der Waals surface area contributed by atoms with Crippen LogP contribution in [0, 0.1) is 0 Å². The molecule has 1 heterocycles. The van der Waals surface area contributed by atoms with E-state index in [0.29, 0.717) is 13.0 Å². The molecule has 1 aliphatic heterocycles. The average molecular weight is 381 g/mol. The lowest BCUT2D eigenvalue weighted by Gasteiger charge is -2.13. The molecule has 9 nitrogen and oxygen atoms in total. The Balaban J connectivity index is 0.000000758. The lowest BCUT2D eigenvalue weighted by Crippen LogP contribution is -2.42. The SMILES string of the molecule is CCCC(=O)NCCNC(=O)CN1C(=O)C=CC1=O.O=C(O)C(F)(F)F. The molecule has 1 rings (SSSR count). The monoisotopic (exact) mass is 381 g/mol. The zero-order valence-corrected chi connectivity index (χ0v) is 13.8. The van der Waals surface area contributed by atoms with Gasteiger partial charge < -0.3 is 15.7 Å². The molecule has 26 heavy (non-hydrogen) atoms. The summed E-state index contributed by atoms with van der Waals surface area (Å²) in [6.07, 6.45) is -1.61. The fourth-order valence-electron chi connectivity index (χ4n) is 1.51. The topological polar surface area (TPSA) is 133 Å². The van der Waals surface area contributed by atoms with Crippen LogP contribution in [0.15, 0.2) is 12.2 Å². The Kier molecular flexibility index (Phi) is 9.63. The molecule has 0 bridgehead atoms. The number of imide groups is 1. The molecule has 0 spiro atoms. The molecular formula is C14H18F3N3O6. The Morgan fingerprint density at radius 2 is 1.46 bits per heavy atom. The van der Waals surface area contributed by atoms with Crippen molar-refractivity contribution in [3.8, 4) is 0 Å². The van der Waals surface area contributed by atoms with E-state index < -0.39 is 29.9 Å². The van der Waals surface area contributed by atoms with Crippen LogP contribution >= 0.6 is 0 Å². The molecule has 12 heteroatoms. The zero-order valence-electron chi connectivity index (χ0n) is 13.8. The lowest BCUT2D eigenvalue weighted by molar-refractivity contribution is -0.192. The molecule has 0 aromatic carbocycles. The van der Waals surface area contributed by atoms with Crippen molar-refractivity contribution in [2.24, 2.45) is 0 Å². The second-order valence-corrected chi connectivity index (χ2v) is 4.85. The summed E-state index contributed by atoms with van der Waals surface area (Å²) in [4.78, 5) is 54.7. The maximum absolute atomic E-state index is 11.5. The van der Waals surface area contributed by atoms with Crippen LogP contribution in [0.1, 0.15) is 19.8 Å². The Bertz CT molecular complexity index is 571. The molecule has 0 unspecified atom stereocenters. The largest absolute Gasteiger partial charge is 0.490 e. The molecule has 0 aromatic rings. The quantitative estimate of drug-likeness (QED) is 0.405. The number of carbonyl (C=O) groups excluding carboxylic acids is 4.